The summed E-state index contributed by atoms with van der Waals surface area (Å²) in [7, 11) is 0. The summed E-state index contributed by atoms with van der Waals surface area (Å²) in [6.07, 6.45) is -0.536. The lowest BCUT2D eigenvalue weighted by atomic mass is 10.0. The Hall–Kier alpha value is -1.09. The Labute approximate surface area is 93.0 Å². The van der Waals surface area contributed by atoms with Crippen LogP contribution in [-0.4, -0.2) is 5.97 Å². The second kappa shape index (κ2) is 4.62. The second-order valence-electron chi connectivity index (χ2n) is 3.32. The van der Waals surface area contributed by atoms with Gasteiger partial charge in [-0.15, -0.1) is 0 Å². The maximum Gasteiger partial charge on any atom is 0.303 e. The van der Waals surface area contributed by atoms with Crippen molar-refractivity contribution in [2.75, 3.05) is 0 Å². The molecular formula is C11H12ClFO2. The molecule has 15 heavy (non-hydrogen) atoms. The van der Waals surface area contributed by atoms with Crippen LogP contribution in [0.1, 0.15) is 31.1 Å². The minimum atomic E-state index is -0.536. The first-order valence-corrected chi connectivity index (χ1v) is 4.93. The highest BCUT2D eigenvalue weighted by molar-refractivity contribution is 6.31. The van der Waals surface area contributed by atoms with E-state index >= 15 is 0 Å². The lowest BCUT2D eigenvalue weighted by Crippen LogP contribution is -2.08. The topological polar surface area (TPSA) is 26.3 Å². The van der Waals surface area contributed by atoms with Gasteiger partial charge in [-0.05, 0) is 31.5 Å². The number of hydrogen-bond acceptors (Lipinski definition) is 2. The zero-order chi connectivity index (χ0) is 11.6. The van der Waals surface area contributed by atoms with E-state index in [4.69, 9.17) is 16.3 Å². The minimum Gasteiger partial charge on any atom is -0.458 e. The van der Waals surface area contributed by atoms with Crippen LogP contribution in [0.15, 0.2) is 12.1 Å². The zero-order valence-corrected chi connectivity index (χ0v) is 9.56. The van der Waals surface area contributed by atoms with Gasteiger partial charge in [0.2, 0.25) is 0 Å². The average Bonchev–Trinajstić information content (AvgIpc) is 2.11. The molecule has 0 aliphatic heterocycles. The second-order valence-corrected chi connectivity index (χ2v) is 3.73. The molecule has 0 fully saturated rings. The third-order valence-electron chi connectivity index (χ3n) is 2.14. The maximum atomic E-state index is 13.3. The molecule has 4 heteroatoms. The minimum absolute atomic E-state index is 0.353. The van der Waals surface area contributed by atoms with Gasteiger partial charge in [-0.25, -0.2) is 4.39 Å². The SMILES string of the molecule is CC(=O)O[C@@H](C)c1c(Cl)ccc(F)c1C. The van der Waals surface area contributed by atoms with Crippen molar-refractivity contribution in [1.82, 2.24) is 0 Å². The van der Waals surface area contributed by atoms with E-state index < -0.39 is 12.1 Å². The van der Waals surface area contributed by atoms with Crippen molar-refractivity contribution in [3.05, 3.63) is 34.1 Å². The summed E-state index contributed by atoms with van der Waals surface area (Å²) in [5, 5.41) is 0.405. The molecule has 0 heterocycles. The van der Waals surface area contributed by atoms with Crippen molar-refractivity contribution in [2.45, 2.75) is 26.9 Å². The van der Waals surface area contributed by atoms with Crippen molar-refractivity contribution >= 4 is 17.6 Å². The van der Waals surface area contributed by atoms with Crippen molar-refractivity contribution in [3.8, 4) is 0 Å². The van der Waals surface area contributed by atoms with Crippen LogP contribution in [0.25, 0.3) is 0 Å². The standard InChI is InChI=1S/C11H12ClFO2/c1-6-10(13)5-4-9(12)11(6)7(2)15-8(3)14/h4-5,7H,1-3H3/t7-/m0/s1. The Morgan fingerprint density at radius 2 is 2.13 bits per heavy atom. The highest BCUT2D eigenvalue weighted by Gasteiger charge is 2.17. The van der Waals surface area contributed by atoms with E-state index in [1.807, 2.05) is 0 Å². The number of ether oxygens (including phenoxy) is 1. The number of benzene rings is 1. The molecule has 0 amide bonds. The van der Waals surface area contributed by atoms with Gasteiger partial charge in [-0.3, -0.25) is 4.79 Å². The summed E-state index contributed by atoms with van der Waals surface area (Å²) < 4.78 is 18.2. The van der Waals surface area contributed by atoms with E-state index in [0.717, 1.165) is 0 Å². The molecule has 2 nitrogen and oxygen atoms in total. The van der Waals surface area contributed by atoms with E-state index in [9.17, 15) is 9.18 Å². The normalized spacial score (nSPS) is 12.3. The number of rotatable bonds is 2. The molecule has 0 N–H and O–H groups in total. The fourth-order valence-electron chi connectivity index (χ4n) is 1.48. The number of carbonyl (C=O) groups excluding carboxylic acids is 1. The molecule has 0 aliphatic carbocycles. The van der Waals surface area contributed by atoms with Crippen LogP contribution in [-0.2, 0) is 9.53 Å². The van der Waals surface area contributed by atoms with Crippen molar-refractivity contribution in [3.63, 3.8) is 0 Å². The highest BCUT2D eigenvalue weighted by Crippen LogP contribution is 2.30. The van der Waals surface area contributed by atoms with Crippen LogP contribution in [0, 0.1) is 12.7 Å². The van der Waals surface area contributed by atoms with Crippen molar-refractivity contribution in [1.29, 1.82) is 0 Å². The highest BCUT2D eigenvalue weighted by atomic mass is 35.5. The van der Waals surface area contributed by atoms with Crippen molar-refractivity contribution in [2.24, 2.45) is 0 Å². The van der Waals surface area contributed by atoms with Crippen LogP contribution in [0.4, 0.5) is 4.39 Å². The largest absolute Gasteiger partial charge is 0.458 e. The molecule has 0 aromatic heterocycles. The van der Waals surface area contributed by atoms with Gasteiger partial charge in [0.25, 0.3) is 0 Å². The van der Waals surface area contributed by atoms with Crippen LogP contribution in [0.2, 0.25) is 5.02 Å². The lowest BCUT2D eigenvalue weighted by Gasteiger charge is -2.16. The molecule has 0 saturated carbocycles. The van der Waals surface area contributed by atoms with Crippen molar-refractivity contribution < 1.29 is 13.9 Å². The Kier molecular flexibility index (Phi) is 3.69. The summed E-state index contributed by atoms with van der Waals surface area (Å²) >= 11 is 5.92. The Morgan fingerprint density at radius 3 is 2.67 bits per heavy atom. The molecule has 0 unspecified atom stereocenters. The van der Waals surface area contributed by atoms with Gasteiger partial charge in [0.15, 0.2) is 0 Å². The van der Waals surface area contributed by atoms with E-state index in [1.54, 1.807) is 13.8 Å². The number of carbonyl (C=O) groups is 1. The molecule has 0 saturated heterocycles. The average molecular weight is 231 g/mol. The Bertz CT molecular complexity index is 390. The fourth-order valence-corrected chi connectivity index (χ4v) is 1.83. The predicted molar refractivity (Wildman–Crippen MR) is 56.3 cm³/mol. The predicted octanol–water partition coefficient (Wildman–Crippen LogP) is 3.41. The molecule has 1 rings (SSSR count). The number of hydrogen-bond donors (Lipinski definition) is 0. The number of halogens is 2. The Morgan fingerprint density at radius 1 is 1.53 bits per heavy atom. The van der Waals surface area contributed by atoms with E-state index in [2.05, 4.69) is 0 Å². The molecule has 0 bridgehead atoms. The third-order valence-corrected chi connectivity index (χ3v) is 2.47. The summed E-state index contributed by atoms with van der Waals surface area (Å²) in [6.45, 7) is 4.57. The summed E-state index contributed by atoms with van der Waals surface area (Å²) in [5.41, 5.74) is 0.933. The van der Waals surface area contributed by atoms with Gasteiger partial charge in [0.05, 0.1) is 0 Å². The zero-order valence-electron chi connectivity index (χ0n) is 8.80. The van der Waals surface area contributed by atoms with Gasteiger partial charge in [-0.2, -0.15) is 0 Å². The van der Waals surface area contributed by atoms with Crippen LogP contribution in [0.5, 0.6) is 0 Å². The first-order chi connectivity index (χ1) is 6.93. The number of esters is 1. The van der Waals surface area contributed by atoms with Gasteiger partial charge in [-0.1, -0.05) is 11.6 Å². The maximum absolute atomic E-state index is 13.3. The smallest absolute Gasteiger partial charge is 0.303 e. The lowest BCUT2D eigenvalue weighted by molar-refractivity contribution is -0.145. The van der Waals surface area contributed by atoms with Crippen LogP contribution in [0.3, 0.4) is 0 Å². The first kappa shape index (κ1) is 12.0. The van der Waals surface area contributed by atoms with Gasteiger partial charge >= 0.3 is 5.97 Å². The molecule has 1 aromatic rings. The molecule has 0 radical (unpaired) electrons. The van der Waals surface area contributed by atoms with Gasteiger partial charge in [0.1, 0.15) is 11.9 Å². The van der Waals surface area contributed by atoms with Crippen LogP contribution < -0.4 is 0 Å². The van der Waals surface area contributed by atoms with Gasteiger partial charge < -0.3 is 4.74 Å². The van der Waals surface area contributed by atoms with Gasteiger partial charge in [0, 0.05) is 17.5 Å². The Balaban J connectivity index is 3.12. The first-order valence-electron chi connectivity index (χ1n) is 4.55. The molecular weight excluding hydrogens is 219 g/mol. The van der Waals surface area contributed by atoms with E-state index in [-0.39, 0.29) is 5.82 Å². The van der Waals surface area contributed by atoms with E-state index in [0.29, 0.717) is 16.1 Å². The fraction of sp³-hybridized carbons (Fsp3) is 0.364. The van der Waals surface area contributed by atoms with Crippen LogP contribution >= 0.6 is 11.6 Å². The molecule has 1 atom stereocenters. The summed E-state index contributed by atoms with van der Waals surface area (Å²) in [5.74, 6) is -0.768. The molecule has 0 aliphatic rings. The summed E-state index contributed by atoms with van der Waals surface area (Å²) in [6, 6.07) is 2.75. The monoisotopic (exact) mass is 230 g/mol. The molecule has 0 spiro atoms. The van der Waals surface area contributed by atoms with E-state index in [1.165, 1.54) is 19.1 Å². The quantitative estimate of drug-likeness (QED) is 0.728. The molecule has 1 aromatic carbocycles. The third kappa shape index (κ3) is 2.69. The summed E-state index contributed by atoms with van der Waals surface area (Å²) in [4.78, 5) is 10.8. The molecule has 82 valence electrons.